The molecule has 2 fully saturated rings. The highest BCUT2D eigenvalue weighted by Gasteiger charge is 2.27. The molecule has 2 rings (SSSR count). The molecule has 2 heterocycles. The molecular formula is C12H22N2O3S. The predicted octanol–water partition coefficient (Wildman–Crippen LogP) is 0.118. The summed E-state index contributed by atoms with van der Waals surface area (Å²) in [7, 11) is -2.85. The number of sulfone groups is 1. The van der Waals surface area contributed by atoms with Gasteiger partial charge in [0.05, 0.1) is 18.1 Å². The quantitative estimate of drug-likeness (QED) is 0.717. The molecule has 2 aliphatic rings. The number of likely N-dealkylation sites (tertiary alicyclic amines) is 1. The van der Waals surface area contributed by atoms with Crippen molar-refractivity contribution in [3.8, 4) is 0 Å². The van der Waals surface area contributed by atoms with E-state index in [1.54, 1.807) is 0 Å². The standard InChI is InChI=1S/C12H22N2O3S/c1-11-4-2-3-5-14(11)12(15)10-13-6-8-18(16,17)9-7-13/h11H,2-10H2,1H3. The third kappa shape index (κ3) is 3.45. The van der Waals surface area contributed by atoms with Crippen LogP contribution in [0.5, 0.6) is 0 Å². The zero-order valence-corrected chi connectivity index (χ0v) is 11.8. The first-order chi connectivity index (χ1) is 8.48. The smallest absolute Gasteiger partial charge is 0.236 e. The van der Waals surface area contributed by atoms with Crippen LogP contribution in [0, 0.1) is 0 Å². The van der Waals surface area contributed by atoms with Gasteiger partial charge in [-0.3, -0.25) is 9.69 Å². The van der Waals surface area contributed by atoms with Gasteiger partial charge >= 0.3 is 0 Å². The van der Waals surface area contributed by atoms with E-state index < -0.39 is 9.84 Å². The summed E-state index contributed by atoms with van der Waals surface area (Å²) in [5.41, 5.74) is 0. The maximum atomic E-state index is 12.2. The number of nitrogens with zero attached hydrogens (tertiary/aromatic N) is 2. The molecule has 104 valence electrons. The molecule has 0 saturated carbocycles. The van der Waals surface area contributed by atoms with Crippen molar-refractivity contribution < 1.29 is 13.2 Å². The van der Waals surface area contributed by atoms with Crippen LogP contribution in [0.2, 0.25) is 0 Å². The minimum Gasteiger partial charge on any atom is -0.339 e. The molecule has 6 heteroatoms. The molecule has 0 aromatic rings. The monoisotopic (exact) mass is 274 g/mol. The van der Waals surface area contributed by atoms with E-state index in [-0.39, 0.29) is 17.4 Å². The summed E-state index contributed by atoms with van der Waals surface area (Å²) in [6.07, 6.45) is 3.37. The molecule has 0 spiro atoms. The molecule has 1 atom stereocenters. The van der Waals surface area contributed by atoms with Gasteiger partial charge in [-0.1, -0.05) is 0 Å². The van der Waals surface area contributed by atoms with Crippen molar-refractivity contribution >= 4 is 15.7 Å². The summed E-state index contributed by atoms with van der Waals surface area (Å²) in [4.78, 5) is 16.1. The summed E-state index contributed by atoms with van der Waals surface area (Å²) in [6.45, 7) is 4.32. The molecule has 0 N–H and O–H groups in total. The first-order valence-electron chi connectivity index (χ1n) is 6.70. The number of amides is 1. The SMILES string of the molecule is CC1CCCCN1C(=O)CN1CCS(=O)(=O)CC1. The molecule has 0 bridgehead atoms. The van der Waals surface area contributed by atoms with Gasteiger partial charge in [0.15, 0.2) is 9.84 Å². The van der Waals surface area contributed by atoms with E-state index in [2.05, 4.69) is 6.92 Å². The third-order valence-electron chi connectivity index (χ3n) is 3.92. The summed E-state index contributed by atoms with van der Waals surface area (Å²) in [5, 5.41) is 0. The Balaban J connectivity index is 1.84. The van der Waals surface area contributed by atoms with Crippen LogP contribution in [0.15, 0.2) is 0 Å². The third-order valence-corrected chi connectivity index (χ3v) is 5.53. The van der Waals surface area contributed by atoms with Gasteiger partial charge < -0.3 is 4.90 Å². The number of hydrogen-bond donors (Lipinski definition) is 0. The van der Waals surface area contributed by atoms with Crippen LogP contribution in [0.4, 0.5) is 0 Å². The molecule has 1 amide bonds. The zero-order valence-electron chi connectivity index (χ0n) is 11.0. The molecule has 0 aromatic heterocycles. The molecule has 2 saturated heterocycles. The fraction of sp³-hybridized carbons (Fsp3) is 0.917. The van der Waals surface area contributed by atoms with Crippen LogP contribution in [-0.4, -0.2) is 67.9 Å². The van der Waals surface area contributed by atoms with Crippen LogP contribution >= 0.6 is 0 Å². The van der Waals surface area contributed by atoms with Gasteiger partial charge in [0.25, 0.3) is 0 Å². The van der Waals surface area contributed by atoms with E-state index in [4.69, 9.17) is 0 Å². The van der Waals surface area contributed by atoms with E-state index in [0.29, 0.717) is 25.7 Å². The zero-order chi connectivity index (χ0) is 13.2. The lowest BCUT2D eigenvalue weighted by Crippen LogP contribution is -2.49. The van der Waals surface area contributed by atoms with Gasteiger partial charge in [-0.05, 0) is 26.2 Å². The minimum atomic E-state index is -2.85. The summed E-state index contributed by atoms with van der Waals surface area (Å²) in [6, 6.07) is 0.333. The fourth-order valence-corrected chi connectivity index (χ4v) is 3.94. The minimum absolute atomic E-state index is 0.154. The normalized spacial score (nSPS) is 29.2. The Morgan fingerprint density at radius 2 is 1.83 bits per heavy atom. The van der Waals surface area contributed by atoms with Gasteiger partial charge in [0.1, 0.15) is 0 Å². The average molecular weight is 274 g/mol. The van der Waals surface area contributed by atoms with Gasteiger partial charge in [0.2, 0.25) is 5.91 Å². The lowest BCUT2D eigenvalue weighted by Gasteiger charge is -2.35. The van der Waals surface area contributed by atoms with E-state index >= 15 is 0 Å². The summed E-state index contributed by atoms with van der Waals surface area (Å²) in [5.74, 6) is 0.535. The van der Waals surface area contributed by atoms with Crippen LogP contribution in [0.3, 0.4) is 0 Å². The van der Waals surface area contributed by atoms with Crippen molar-refractivity contribution in [3.63, 3.8) is 0 Å². The molecule has 0 aliphatic carbocycles. The molecule has 2 aliphatic heterocycles. The first-order valence-corrected chi connectivity index (χ1v) is 8.52. The van der Waals surface area contributed by atoms with Crippen molar-refractivity contribution in [1.82, 2.24) is 9.80 Å². The Morgan fingerprint density at radius 1 is 1.17 bits per heavy atom. The van der Waals surface area contributed by atoms with Crippen molar-refractivity contribution in [1.29, 1.82) is 0 Å². The molecule has 1 unspecified atom stereocenters. The van der Waals surface area contributed by atoms with Crippen molar-refractivity contribution in [3.05, 3.63) is 0 Å². The van der Waals surface area contributed by atoms with E-state index in [0.717, 1.165) is 19.4 Å². The predicted molar refractivity (Wildman–Crippen MR) is 70.1 cm³/mol. The lowest BCUT2D eigenvalue weighted by atomic mass is 10.0. The Labute approximate surface area is 109 Å². The van der Waals surface area contributed by atoms with E-state index in [1.165, 1.54) is 6.42 Å². The number of rotatable bonds is 2. The maximum absolute atomic E-state index is 12.2. The largest absolute Gasteiger partial charge is 0.339 e. The highest BCUT2D eigenvalue weighted by molar-refractivity contribution is 7.91. The Kier molecular flexibility index (Phi) is 4.27. The van der Waals surface area contributed by atoms with Crippen LogP contribution in [0.1, 0.15) is 26.2 Å². The molecule has 5 nitrogen and oxygen atoms in total. The van der Waals surface area contributed by atoms with Crippen LogP contribution in [0.25, 0.3) is 0 Å². The Hall–Kier alpha value is -0.620. The number of carbonyl (C=O) groups excluding carboxylic acids is 1. The highest BCUT2D eigenvalue weighted by Crippen LogP contribution is 2.17. The molecular weight excluding hydrogens is 252 g/mol. The van der Waals surface area contributed by atoms with Gasteiger partial charge in [-0.15, -0.1) is 0 Å². The topological polar surface area (TPSA) is 57.7 Å². The van der Waals surface area contributed by atoms with Crippen LogP contribution in [-0.2, 0) is 14.6 Å². The van der Waals surface area contributed by atoms with E-state index in [1.807, 2.05) is 9.80 Å². The average Bonchev–Trinajstić information content (AvgIpc) is 2.32. The van der Waals surface area contributed by atoms with Crippen LogP contribution < -0.4 is 0 Å². The number of piperidine rings is 1. The highest BCUT2D eigenvalue weighted by atomic mass is 32.2. The van der Waals surface area contributed by atoms with Gasteiger partial charge in [-0.25, -0.2) is 8.42 Å². The summed E-state index contributed by atoms with van der Waals surface area (Å²) >= 11 is 0. The van der Waals surface area contributed by atoms with Crippen molar-refractivity contribution in [2.24, 2.45) is 0 Å². The maximum Gasteiger partial charge on any atom is 0.236 e. The van der Waals surface area contributed by atoms with Crippen molar-refractivity contribution in [2.75, 3.05) is 37.7 Å². The summed E-state index contributed by atoms with van der Waals surface area (Å²) < 4.78 is 22.6. The van der Waals surface area contributed by atoms with Gasteiger partial charge in [-0.2, -0.15) is 0 Å². The molecule has 0 aromatic carbocycles. The number of carbonyl (C=O) groups is 1. The molecule has 18 heavy (non-hydrogen) atoms. The number of hydrogen-bond acceptors (Lipinski definition) is 4. The fourth-order valence-electron chi connectivity index (χ4n) is 2.66. The Bertz CT molecular complexity index is 394. The van der Waals surface area contributed by atoms with Gasteiger partial charge in [0, 0.05) is 25.7 Å². The lowest BCUT2D eigenvalue weighted by molar-refractivity contribution is -0.135. The molecule has 0 radical (unpaired) electrons. The van der Waals surface area contributed by atoms with E-state index in [9.17, 15) is 13.2 Å². The first kappa shape index (κ1) is 13.8. The second kappa shape index (κ2) is 5.57. The van der Waals surface area contributed by atoms with Crippen molar-refractivity contribution in [2.45, 2.75) is 32.2 Å². The second-order valence-corrected chi connectivity index (χ2v) is 7.66. The second-order valence-electron chi connectivity index (χ2n) is 5.36. The Morgan fingerprint density at radius 3 is 2.44 bits per heavy atom.